The zero-order valence-electron chi connectivity index (χ0n) is 62.0. The third-order valence-electron chi connectivity index (χ3n) is 17.6. The Labute approximate surface area is 639 Å². The Kier molecular flexibility index (Phi) is 32.2. The minimum absolute atomic E-state index is 0.00978. The van der Waals surface area contributed by atoms with Crippen molar-refractivity contribution in [2.45, 2.75) is 162 Å². The Hall–Kier alpha value is -4.69. The van der Waals surface area contributed by atoms with Gasteiger partial charge < -0.3 is 103 Å². The largest absolute Gasteiger partial charge is 0.388 e. The average Bonchev–Trinajstić information content (AvgIpc) is 1.70. The Balaban J connectivity index is 0.000000209. The zero-order chi connectivity index (χ0) is 80.7. The molecular weight excluding hydrogens is 1620 g/mol. The smallest absolute Gasteiger partial charge is 0.368 e. The molecule has 36 nitrogen and oxygen atoms in total. The van der Waals surface area contributed by atoms with Gasteiger partial charge in [-0.05, 0) is 177 Å². The molecule has 20 atom stereocenters. The molecule has 5 saturated heterocycles. The Morgan fingerprint density at radius 3 is 1.12 bits per heavy atom. The van der Waals surface area contributed by atoms with Gasteiger partial charge in [0, 0.05) is 24.2 Å². The average molecular weight is 1730 g/mol. The molecule has 5 aliphatic heterocycles. The van der Waals surface area contributed by atoms with Crippen LogP contribution in [0.1, 0.15) is 68.8 Å². The number of anilines is 5. The number of rotatable bonds is 20. The molecule has 5 fully saturated rings. The second-order valence-electron chi connectivity index (χ2n) is 30.5. The van der Waals surface area contributed by atoms with Crippen LogP contribution in [0.3, 0.4) is 0 Å². The van der Waals surface area contributed by atoms with Crippen LogP contribution in [0.15, 0.2) is 56.4 Å². The van der Waals surface area contributed by atoms with Crippen molar-refractivity contribution in [1.82, 2.24) is 58.0 Å². The number of aromatic nitrogens is 12. The van der Waals surface area contributed by atoms with Crippen molar-refractivity contribution >= 4 is 130 Å². The summed E-state index contributed by atoms with van der Waals surface area (Å²) in [5.74, 6) is 0.433. The van der Waals surface area contributed by atoms with E-state index in [1.54, 1.807) is 19.2 Å². The highest BCUT2D eigenvalue weighted by atomic mass is 127. The van der Waals surface area contributed by atoms with Crippen molar-refractivity contribution in [2.75, 3.05) is 126 Å². The van der Waals surface area contributed by atoms with Crippen molar-refractivity contribution in [3.8, 4) is 0 Å². The van der Waals surface area contributed by atoms with Crippen LogP contribution in [0.25, 0.3) is 0 Å². The van der Waals surface area contributed by atoms with E-state index in [0.717, 1.165) is 46.4 Å². The number of ether oxygens (including phenoxy) is 5. The maximum Gasteiger partial charge on any atom is 0.368 e. The number of halogens is 1. The SMILES string of the molecule is C=P(C)(C)CC[C@H]1O[C@@H](n2cc(C)c(N)nc2=O)[C@H](O)[C@@H]1O.C=P(C)(C)CC[C@H]1O[C@@H](n2cc(I)c(N)nc2=O)[C@H](O)[C@@H]1O.C=P(C)(C)CC[C@H]1O[C@@H](n2ccc(N)nc2=S)[C@H](O)[C@@H]1O.C=P(C)(C)CC[C@H]1O[C@@H](n2cnc(N)nc2=O)[C@H](O)[C@@H]1O.C=P(C)(C)CC[C@H]1O[C@@H](n2ncc(N)nc2=O)[C@H](O)[C@@H]1O. The van der Waals surface area contributed by atoms with E-state index < -0.39 is 180 Å². The summed E-state index contributed by atoms with van der Waals surface area (Å²) in [7, 11) is 0. The second kappa shape index (κ2) is 37.8. The highest BCUT2D eigenvalue weighted by molar-refractivity contribution is 14.1. The van der Waals surface area contributed by atoms with Gasteiger partial charge >= 0.3 is 22.8 Å². The Bertz CT molecular complexity index is 4070. The summed E-state index contributed by atoms with van der Waals surface area (Å²) in [6.45, 7) is 16.5. The molecule has 107 heavy (non-hydrogen) atoms. The van der Waals surface area contributed by atoms with Crippen LogP contribution < -0.4 is 51.4 Å². The Morgan fingerprint density at radius 2 is 0.766 bits per heavy atom. The lowest BCUT2D eigenvalue weighted by Gasteiger charge is -2.19. The summed E-state index contributed by atoms with van der Waals surface area (Å²) in [6, 6.07) is 1.58. The van der Waals surface area contributed by atoms with E-state index in [2.05, 4.69) is 133 Å². The number of aryl methyl sites for hydroxylation is 1. The predicted octanol–water partition coefficient (Wildman–Crippen LogP) is -1.21. The van der Waals surface area contributed by atoms with Crippen molar-refractivity contribution in [2.24, 2.45) is 0 Å². The zero-order valence-corrected chi connectivity index (χ0v) is 69.5. The lowest BCUT2D eigenvalue weighted by Crippen LogP contribution is -2.37. The molecule has 0 aromatic carbocycles. The summed E-state index contributed by atoms with van der Waals surface area (Å²) in [5.41, 5.74) is 25.4. The molecule has 0 spiro atoms. The van der Waals surface area contributed by atoms with Gasteiger partial charge in [0.15, 0.2) is 31.1 Å². The lowest BCUT2D eigenvalue weighted by molar-refractivity contribution is -0.0483. The van der Waals surface area contributed by atoms with Gasteiger partial charge in [-0.15, -0.1) is 65.9 Å². The van der Waals surface area contributed by atoms with Crippen LogP contribution in [-0.4, -0.2) is 330 Å². The van der Waals surface area contributed by atoms with Gasteiger partial charge in [-0.25, -0.2) is 29.1 Å². The lowest BCUT2D eigenvalue weighted by atomic mass is 10.1. The molecule has 5 aliphatic rings. The molecule has 10 heterocycles. The number of hydrogen-bond acceptors (Lipinski definition) is 32. The maximum atomic E-state index is 11.9. The van der Waals surface area contributed by atoms with E-state index in [-0.39, 0.29) is 28.2 Å². The summed E-state index contributed by atoms with van der Waals surface area (Å²) >= 11 is 7.07. The van der Waals surface area contributed by atoms with Crippen LogP contribution in [0.5, 0.6) is 0 Å². The highest BCUT2D eigenvalue weighted by Gasteiger charge is 2.49. The normalized spacial score (nSPS) is 29.4. The standard InChI is InChI=1S/C14H24N3O4P.C13H21IN3O4P.C13H22N3O3PS.2C12H21N4O4P/c1-8-7-17(14(20)16-12(8)15)13-11(19)10(18)9(21-13)5-6-22(2,3)4;1-22(2,3)5-4-8-9(18)10(19)12(21-8)17-6-7(14)11(15)16-13(17)20;1-20(2,3)7-5-8-10(17)11(18)12(19-8)16-6-4-9(14)15-13(16)21;1-21(2,3)5-4-7-8(17)9(18)10(20-7)16-6-14-11(13)15-12(16)19;1-21(2,3)5-4-7-9(17)10(18)11(20-7)16-12(19)15-8(13)6-14-16/h7,9-11,13,18-19H,2,5-6H2,1,3-4H3,(H2,15,16,20);6,8-10,12,18-19H,1,4-5H2,2-3H3,(H2,15,16,20);4,6,8,10-12,17-18H,1,5,7H2,2-3H3,(H2,14,15,21);6-10,17-18H,1,4-5H2,2-3H3,(H2,13,15,19);6-7,9-11,17-18H,1,4-5H2,2-3H3,(H2,13,15,19)/t9-,10-,11-,13-;8-,9-,10-,12-;8-,10-,11-,12-;7-,8-,9-,10-;7-,9-,10-,11-/m11111/s1. The fourth-order valence-corrected chi connectivity index (χ4v) is 16.9. The molecule has 0 amide bonds. The number of aliphatic hydroxyl groups is 10. The van der Waals surface area contributed by atoms with E-state index in [9.17, 15) is 70.2 Å². The molecule has 602 valence electrons. The van der Waals surface area contributed by atoms with Crippen molar-refractivity contribution < 1.29 is 74.7 Å². The summed E-state index contributed by atoms with van der Waals surface area (Å²) in [5, 5.41) is 105. The van der Waals surface area contributed by atoms with Gasteiger partial charge in [0.25, 0.3) is 0 Å². The van der Waals surface area contributed by atoms with E-state index in [4.69, 9.17) is 64.6 Å². The molecule has 0 saturated carbocycles. The van der Waals surface area contributed by atoms with Crippen LogP contribution >= 0.6 is 69.2 Å². The summed E-state index contributed by atoms with van der Waals surface area (Å²) < 4.78 is 35.1. The minimum atomic E-state index is -1.26. The first kappa shape index (κ1) is 91.2. The number of nitrogens with zero attached hydrogens (tertiary/aromatic N) is 12. The van der Waals surface area contributed by atoms with E-state index in [1.807, 2.05) is 22.6 Å². The van der Waals surface area contributed by atoms with E-state index in [1.165, 1.54) is 32.3 Å². The first-order valence-corrected chi connectivity index (χ1v) is 50.6. The first-order chi connectivity index (χ1) is 49.3. The molecule has 10 rings (SSSR count). The van der Waals surface area contributed by atoms with Crippen molar-refractivity contribution in [3.63, 3.8) is 0 Å². The molecule has 5 aromatic heterocycles. The predicted molar refractivity (Wildman–Crippen MR) is 439 cm³/mol. The van der Waals surface area contributed by atoms with Gasteiger partial charge in [-0.1, -0.05) is 0 Å². The molecule has 20 N–H and O–H groups in total. The third-order valence-corrected chi connectivity index (χ3v) is 26.0. The van der Waals surface area contributed by atoms with E-state index in [0.29, 0.717) is 47.1 Å². The Morgan fingerprint density at radius 1 is 0.439 bits per heavy atom. The summed E-state index contributed by atoms with van der Waals surface area (Å²) in [4.78, 5) is 69.5. The molecule has 0 radical (unpaired) electrons. The van der Waals surface area contributed by atoms with Gasteiger partial charge in [0.05, 0.1) is 40.3 Å². The molecule has 0 bridgehead atoms. The monoisotopic (exact) mass is 1730 g/mol. The quantitative estimate of drug-likeness (QED) is 0.0247. The highest BCUT2D eigenvalue weighted by Crippen LogP contribution is 2.44. The van der Waals surface area contributed by atoms with Gasteiger partial charge in [0.1, 0.15) is 90.6 Å². The number of hydrogen-bond donors (Lipinski definition) is 15. The number of aliphatic hydroxyl groups excluding tert-OH is 10. The van der Waals surface area contributed by atoms with Crippen LogP contribution in [0, 0.1) is 15.3 Å². The van der Waals surface area contributed by atoms with Crippen LogP contribution in [0.2, 0.25) is 0 Å². The van der Waals surface area contributed by atoms with Gasteiger partial charge in [0.2, 0.25) is 10.7 Å². The molecule has 5 aromatic rings. The van der Waals surface area contributed by atoms with Crippen molar-refractivity contribution in [1.29, 1.82) is 0 Å². The van der Waals surface area contributed by atoms with Crippen LogP contribution in [-0.2, 0) is 23.7 Å². The number of nitrogen functional groups attached to an aromatic ring is 5. The van der Waals surface area contributed by atoms with Crippen LogP contribution in [0.4, 0.5) is 29.2 Å². The van der Waals surface area contributed by atoms with E-state index >= 15 is 0 Å². The molecular formula is C64H109IN17O19P5S. The van der Waals surface area contributed by atoms with Gasteiger partial charge in [-0.2, -0.15) is 29.7 Å². The van der Waals surface area contributed by atoms with Gasteiger partial charge in [-0.3, -0.25) is 18.3 Å². The molecule has 0 aliphatic carbocycles. The maximum absolute atomic E-state index is 11.9. The fraction of sp³-hybridized carbons (Fsp3) is 0.641. The number of nitrogens with two attached hydrogens (primary N) is 5. The second-order valence-corrected chi connectivity index (χ2v) is 53.6. The van der Waals surface area contributed by atoms with Crippen molar-refractivity contribution in [3.05, 3.63) is 93.0 Å². The topological polar surface area (TPSA) is 562 Å². The molecule has 0 unspecified atom stereocenters. The molecule has 43 heteroatoms. The fourth-order valence-electron chi connectivity index (χ4n) is 11.4. The third kappa shape index (κ3) is 25.9. The summed E-state index contributed by atoms with van der Waals surface area (Å²) in [6.07, 6.45) is 16.4. The first-order valence-electron chi connectivity index (χ1n) is 33.9. The minimum Gasteiger partial charge on any atom is -0.388 e.